The molecule has 7 heteroatoms. The summed E-state index contributed by atoms with van der Waals surface area (Å²) in [6.45, 7) is 0.273. The largest absolute Gasteiger partial charge is 0.457 e. The van der Waals surface area contributed by atoms with Gasteiger partial charge in [-0.15, -0.1) is 0 Å². The maximum absolute atomic E-state index is 13.4. The average Bonchev–Trinajstić information content (AvgIpc) is 3.24. The molecular formula is C21H13F2NO2S2. The van der Waals surface area contributed by atoms with Crippen molar-refractivity contribution in [2.75, 3.05) is 0 Å². The highest BCUT2D eigenvalue weighted by Crippen LogP contribution is 2.34. The molecule has 140 valence electrons. The molecule has 3 aromatic rings. The van der Waals surface area contributed by atoms with E-state index in [1.807, 2.05) is 0 Å². The van der Waals surface area contributed by atoms with Crippen molar-refractivity contribution < 1.29 is 18.0 Å². The Morgan fingerprint density at radius 2 is 1.82 bits per heavy atom. The lowest BCUT2D eigenvalue weighted by Crippen LogP contribution is -2.27. The van der Waals surface area contributed by atoms with Gasteiger partial charge in [-0.25, -0.2) is 8.78 Å². The number of rotatable bonds is 4. The van der Waals surface area contributed by atoms with Gasteiger partial charge in [0.25, 0.3) is 5.91 Å². The Hall–Kier alpha value is -2.77. The third-order valence-corrected chi connectivity index (χ3v) is 5.51. The Morgan fingerprint density at radius 3 is 2.57 bits per heavy atom. The molecule has 1 aliphatic rings. The predicted octanol–water partition coefficient (Wildman–Crippen LogP) is 5.63. The normalized spacial score (nSPS) is 15.6. The van der Waals surface area contributed by atoms with Gasteiger partial charge in [-0.2, -0.15) is 0 Å². The van der Waals surface area contributed by atoms with E-state index in [0.29, 0.717) is 26.3 Å². The molecule has 28 heavy (non-hydrogen) atoms. The first kappa shape index (κ1) is 18.6. The molecule has 1 aliphatic heterocycles. The summed E-state index contributed by atoms with van der Waals surface area (Å²) in [5.74, 6) is 0.0650. The molecule has 0 bridgehead atoms. The lowest BCUT2D eigenvalue weighted by molar-refractivity contribution is -0.122. The van der Waals surface area contributed by atoms with Crippen LogP contribution in [0.25, 0.3) is 17.4 Å². The molecule has 1 aromatic heterocycles. The summed E-state index contributed by atoms with van der Waals surface area (Å²) in [5, 5.41) is 0. The number of nitrogens with zero attached hydrogens (tertiary/aromatic N) is 1. The van der Waals surface area contributed by atoms with Gasteiger partial charge in [0.05, 0.1) is 11.4 Å². The molecule has 1 amide bonds. The number of hydrogen-bond acceptors (Lipinski definition) is 4. The fraction of sp³-hybridized carbons (Fsp3) is 0.0476. The van der Waals surface area contributed by atoms with Gasteiger partial charge in [-0.05, 0) is 42.0 Å². The summed E-state index contributed by atoms with van der Waals surface area (Å²) >= 11 is 6.49. The molecule has 0 N–H and O–H groups in total. The van der Waals surface area contributed by atoms with Crippen molar-refractivity contribution >= 4 is 40.3 Å². The van der Waals surface area contributed by atoms with Gasteiger partial charge < -0.3 is 4.42 Å². The van der Waals surface area contributed by atoms with Gasteiger partial charge in [-0.1, -0.05) is 48.2 Å². The highest BCUT2D eigenvalue weighted by molar-refractivity contribution is 8.26. The molecule has 2 aromatic carbocycles. The molecule has 0 saturated carbocycles. The Bertz CT molecular complexity index is 1090. The SMILES string of the molecule is O=C1C(=Cc2ccc(-c3cccc(F)c3)o2)SC(=S)N1Cc1ccc(F)cc1. The van der Waals surface area contributed by atoms with E-state index in [-0.39, 0.29) is 24.1 Å². The monoisotopic (exact) mass is 413 g/mol. The summed E-state index contributed by atoms with van der Waals surface area (Å²) < 4.78 is 32.6. The lowest BCUT2D eigenvalue weighted by Gasteiger charge is -2.14. The first-order chi connectivity index (χ1) is 13.5. The number of carbonyl (C=O) groups excluding carboxylic acids is 1. The summed E-state index contributed by atoms with van der Waals surface area (Å²) in [4.78, 5) is 14.6. The molecule has 0 unspecified atom stereocenters. The number of thiocarbonyl (C=S) groups is 1. The van der Waals surface area contributed by atoms with E-state index >= 15 is 0 Å². The Kier molecular flexibility index (Phi) is 5.11. The highest BCUT2D eigenvalue weighted by Gasteiger charge is 2.32. The van der Waals surface area contributed by atoms with Crippen LogP contribution < -0.4 is 0 Å². The van der Waals surface area contributed by atoms with Gasteiger partial charge in [0.1, 0.15) is 27.5 Å². The van der Waals surface area contributed by atoms with Crippen LogP contribution in [0.15, 0.2) is 70.0 Å². The van der Waals surface area contributed by atoms with Crippen molar-refractivity contribution in [3.05, 3.63) is 88.5 Å². The summed E-state index contributed by atoms with van der Waals surface area (Å²) in [5.41, 5.74) is 1.40. The molecule has 4 rings (SSSR count). The Labute approximate surface area is 169 Å². The van der Waals surface area contributed by atoms with Crippen molar-refractivity contribution in [1.82, 2.24) is 4.90 Å². The van der Waals surface area contributed by atoms with Crippen molar-refractivity contribution in [3.8, 4) is 11.3 Å². The summed E-state index contributed by atoms with van der Waals surface area (Å²) in [6, 6.07) is 15.5. The quantitative estimate of drug-likeness (QED) is 0.410. The molecule has 0 radical (unpaired) electrons. The fourth-order valence-electron chi connectivity index (χ4n) is 2.77. The smallest absolute Gasteiger partial charge is 0.266 e. The standard InChI is InChI=1S/C21H13F2NO2S2/c22-15-6-4-13(5-7-15)12-24-20(25)19(28-21(24)27)11-17-8-9-18(26-17)14-2-1-3-16(23)10-14/h1-11H,12H2. The van der Waals surface area contributed by atoms with Crippen molar-refractivity contribution in [2.24, 2.45) is 0 Å². The number of amides is 1. The van der Waals surface area contributed by atoms with Gasteiger partial charge in [0.2, 0.25) is 0 Å². The highest BCUT2D eigenvalue weighted by atomic mass is 32.2. The Balaban J connectivity index is 1.53. The van der Waals surface area contributed by atoms with Crippen LogP contribution in [0.1, 0.15) is 11.3 Å². The minimum absolute atomic E-state index is 0.233. The van der Waals surface area contributed by atoms with Crippen LogP contribution in [0, 0.1) is 11.6 Å². The van der Waals surface area contributed by atoms with Crippen LogP contribution in [0.5, 0.6) is 0 Å². The van der Waals surface area contributed by atoms with Crippen molar-refractivity contribution in [1.29, 1.82) is 0 Å². The second kappa shape index (κ2) is 7.69. The van der Waals surface area contributed by atoms with Crippen LogP contribution in [0.3, 0.4) is 0 Å². The third kappa shape index (κ3) is 3.90. The topological polar surface area (TPSA) is 33.5 Å². The molecule has 0 atom stereocenters. The zero-order valence-corrected chi connectivity index (χ0v) is 16.0. The molecule has 0 spiro atoms. The van der Waals surface area contributed by atoms with E-state index in [1.165, 1.54) is 40.9 Å². The van der Waals surface area contributed by atoms with Crippen molar-refractivity contribution in [2.45, 2.75) is 6.54 Å². The van der Waals surface area contributed by atoms with E-state index in [9.17, 15) is 13.6 Å². The molecule has 3 nitrogen and oxygen atoms in total. The van der Waals surface area contributed by atoms with E-state index in [1.54, 1.807) is 42.5 Å². The zero-order chi connectivity index (χ0) is 19.7. The Morgan fingerprint density at radius 1 is 1.04 bits per heavy atom. The first-order valence-electron chi connectivity index (χ1n) is 8.35. The van der Waals surface area contributed by atoms with Crippen LogP contribution in [0.2, 0.25) is 0 Å². The summed E-state index contributed by atoms with van der Waals surface area (Å²) in [7, 11) is 0. The number of benzene rings is 2. The second-order valence-corrected chi connectivity index (χ2v) is 7.78. The maximum atomic E-state index is 13.4. The predicted molar refractivity (Wildman–Crippen MR) is 109 cm³/mol. The van der Waals surface area contributed by atoms with E-state index in [0.717, 1.165) is 5.56 Å². The number of thioether (sulfide) groups is 1. The zero-order valence-electron chi connectivity index (χ0n) is 14.4. The second-order valence-electron chi connectivity index (χ2n) is 6.11. The van der Waals surface area contributed by atoms with Gasteiger partial charge in [0, 0.05) is 11.6 Å². The number of furan rings is 1. The minimum Gasteiger partial charge on any atom is -0.457 e. The third-order valence-electron chi connectivity index (χ3n) is 4.14. The van der Waals surface area contributed by atoms with Crippen LogP contribution in [-0.2, 0) is 11.3 Å². The average molecular weight is 413 g/mol. The fourth-order valence-corrected chi connectivity index (χ4v) is 4.00. The van der Waals surface area contributed by atoms with Crippen LogP contribution in [-0.4, -0.2) is 15.1 Å². The lowest BCUT2D eigenvalue weighted by atomic mass is 10.2. The molecular weight excluding hydrogens is 400 g/mol. The summed E-state index contributed by atoms with van der Waals surface area (Å²) in [6.07, 6.45) is 1.62. The van der Waals surface area contributed by atoms with Gasteiger partial charge >= 0.3 is 0 Å². The minimum atomic E-state index is -0.350. The number of halogens is 2. The van der Waals surface area contributed by atoms with Gasteiger partial charge in [-0.3, -0.25) is 9.69 Å². The maximum Gasteiger partial charge on any atom is 0.266 e. The van der Waals surface area contributed by atoms with E-state index in [4.69, 9.17) is 16.6 Å². The first-order valence-corrected chi connectivity index (χ1v) is 9.58. The van der Waals surface area contributed by atoms with Crippen LogP contribution >= 0.6 is 24.0 Å². The number of carbonyl (C=O) groups is 1. The van der Waals surface area contributed by atoms with E-state index in [2.05, 4.69) is 0 Å². The van der Waals surface area contributed by atoms with Crippen molar-refractivity contribution in [3.63, 3.8) is 0 Å². The number of hydrogen-bond donors (Lipinski definition) is 0. The molecule has 1 saturated heterocycles. The van der Waals surface area contributed by atoms with Gasteiger partial charge in [0.15, 0.2) is 0 Å². The molecule has 0 aliphatic carbocycles. The van der Waals surface area contributed by atoms with E-state index < -0.39 is 0 Å². The van der Waals surface area contributed by atoms with Crippen LogP contribution in [0.4, 0.5) is 8.78 Å². The molecule has 1 fully saturated rings. The molecule has 2 heterocycles.